The molecule has 1 aliphatic rings. The molecule has 7 nitrogen and oxygen atoms in total. The van der Waals surface area contributed by atoms with E-state index in [1.165, 1.54) is 12.1 Å². The van der Waals surface area contributed by atoms with Gasteiger partial charge < -0.3 is 15.2 Å². The largest absolute Gasteiger partial charge is 0.327 e. The fraction of sp³-hybridized carbons (Fsp3) is 0.385. The van der Waals surface area contributed by atoms with Crippen molar-refractivity contribution in [2.24, 2.45) is 5.73 Å². The molecule has 1 amide bonds. The van der Waals surface area contributed by atoms with Crippen LogP contribution in [0.1, 0.15) is 56.4 Å². The summed E-state index contributed by atoms with van der Waals surface area (Å²) < 4.78 is 29.2. The number of aryl methyl sites for hydroxylation is 1. The van der Waals surface area contributed by atoms with Gasteiger partial charge in [-0.3, -0.25) is 9.78 Å². The van der Waals surface area contributed by atoms with Crippen molar-refractivity contribution in [1.82, 2.24) is 19.4 Å². The Morgan fingerprint density at radius 2 is 1.94 bits per heavy atom. The number of rotatable bonds is 3. The summed E-state index contributed by atoms with van der Waals surface area (Å²) in [5, 5.41) is 8.43. The van der Waals surface area contributed by atoms with E-state index in [1.54, 1.807) is 23.2 Å². The Morgan fingerprint density at radius 1 is 1.23 bits per heavy atom. The van der Waals surface area contributed by atoms with E-state index in [9.17, 15) is 13.6 Å². The number of hydrogen-bond donors (Lipinski definition) is 1. The predicted octanol–water partition coefficient (Wildman–Crippen LogP) is 4.25. The number of pyridine rings is 1. The maximum atomic E-state index is 13.8. The standard InChI is InChI=1S/C19H24F2N4O.C7H6N2/c1-11(2)17-16(12-5-6-13(20)14(21)9-12)23-18-19(3,4)25(15(26)10-22)8-7-24(17)18;1-6-7(5-8)3-2-4-9-6/h5-6,9,11H,7-8,10,22H2,1-4H3;2-4H,1H3. The molecular formula is C26H30F2N6O. The lowest BCUT2D eigenvalue weighted by Crippen LogP contribution is -2.53. The van der Waals surface area contributed by atoms with Crippen molar-refractivity contribution in [3.05, 3.63) is 70.9 Å². The minimum atomic E-state index is -0.901. The summed E-state index contributed by atoms with van der Waals surface area (Å²) >= 11 is 0. The second-order valence-corrected chi connectivity index (χ2v) is 9.16. The summed E-state index contributed by atoms with van der Waals surface area (Å²) in [4.78, 5) is 22.7. The first-order valence-corrected chi connectivity index (χ1v) is 11.4. The van der Waals surface area contributed by atoms with Gasteiger partial charge in [-0.05, 0) is 57.0 Å². The molecule has 0 unspecified atom stereocenters. The lowest BCUT2D eigenvalue weighted by molar-refractivity contribution is -0.137. The number of benzene rings is 1. The zero-order valence-electron chi connectivity index (χ0n) is 20.6. The van der Waals surface area contributed by atoms with Gasteiger partial charge in [0.1, 0.15) is 11.9 Å². The van der Waals surface area contributed by atoms with Gasteiger partial charge in [-0.2, -0.15) is 5.26 Å². The topological polar surface area (TPSA) is 101 Å². The summed E-state index contributed by atoms with van der Waals surface area (Å²) in [5.41, 5.74) is 8.47. The second kappa shape index (κ2) is 10.3. The smallest absolute Gasteiger partial charge is 0.237 e. The third-order valence-corrected chi connectivity index (χ3v) is 6.12. The highest BCUT2D eigenvalue weighted by Crippen LogP contribution is 2.38. The molecule has 0 atom stereocenters. The van der Waals surface area contributed by atoms with Gasteiger partial charge in [0.05, 0.1) is 29.0 Å². The number of nitrogens with two attached hydrogens (primary N) is 1. The van der Waals surface area contributed by atoms with Gasteiger partial charge in [-0.25, -0.2) is 13.8 Å². The second-order valence-electron chi connectivity index (χ2n) is 9.16. The van der Waals surface area contributed by atoms with Crippen LogP contribution < -0.4 is 5.73 Å². The Bertz CT molecular complexity index is 1280. The van der Waals surface area contributed by atoms with Gasteiger partial charge in [-0.1, -0.05) is 13.8 Å². The number of halogens is 2. The van der Waals surface area contributed by atoms with Crippen LogP contribution in [0.3, 0.4) is 0 Å². The molecule has 184 valence electrons. The fourth-order valence-corrected chi connectivity index (χ4v) is 4.35. The molecule has 0 aliphatic carbocycles. The van der Waals surface area contributed by atoms with Gasteiger partial charge in [0.25, 0.3) is 0 Å². The Morgan fingerprint density at radius 3 is 2.49 bits per heavy atom. The molecule has 1 aromatic carbocycles. The number of hydrogen-bond acceptors (Lipinski definition) is 5. The maximum Gasteiger partial charge on any atom is 0.237 e. The molecule has 2 N–H and O–H groups in total. The number of carbonyl (C=O) groups is 1. The van der Waals surface area contributed by atoms with Crippen LogP contribution in [0.25, 0.3) is 11.3 Å². The normalized spacial score (nSPS) is 14.1. The number of carbonyl (C=O) groups excluding carboxylic acids is 1. The van der Waals surface area contributed by atoms with Crippen LogP contribution in [-0.2, 0) is 16.9 Å². The van der Waals surface area contributed by atoms with Crippen molar-refractivity contribution in [2.75, 3.05) is 13.1 Å². The molecular weight excluding hydrogens is 450 g/mol. The lowest BCUT2D eigenvalue weighted by atomic mass is 9.98. The molecule has 3 aromatic rings. The predicted molar refractivity (Wildman–Crippen MR) is 129 cm³/mol. The van der Waals surface area contributed by atoms with Crippen molar-refractivity contribution in [3.8, 4) is 17.3 Å². The number of nitriles is 1. The number of aromatic nitrogens is 3. The lowest BCUT2D eigenvalue weighted by Gasteiger charge is -2.42. The average Bonchev–Trinajstić information content (AvgIpc) is 3.22. The Labute approximate surface area is 204 Å². The number of nitrogens with zero attached hydrogens (tertiary/aromatic N) is 5. The van der Waals surface area contributed by atoms with Gasteiger partial charge in [0.15, 0.2) is 11.6 Å². The highest BCUT2D eigenvalue weighted by molar-refractivity contribution is 5.79. The summed E-state index contributed by atoms with van der Waals surface area (Å²) in [6, 6.07) is 9.36. The minimum Gasteiger partial charge on any atom is -0.327 e. The molecule has 0 fully saturated rings. The van der Waals surface area contributed by atoms with Gasteiger partial charge in [0.2, 0.25) is 5.91 Å². The van der Waals surface area contributed by atoms with Crippen molar-refractivity contribution in [3.63, 3.8) is 0 Å². The van der Waals surface area contributed by atoms with E-state index in [0.717, 1.165) is 23.3 Å². The molecule has 0 saturated carbocycles. The Kier molecular flexibility index (Phi) is 7.66. The molecule has 3 heterocycles. The van der Waals surface area contributed by atoms with Crippen LogP contribution in [0, 0.1) is 29.9 Å². The third-order valence-electron chi connectivity index (χ3n) is 6.12. The molecule has 0 bridgehead atoms. The zero-order chi connectivity index (χ0) is 25.9. The average molecular weight is 481 g/mol. The molecule has 4 rings (SSSR count). The van der Waals surface area contributed by atoms with Crippen molar-refractivity contribution in [2.45, 2.75) is 52.6 Å². The summed E-state index contributed by atoms with van der Waals surface area (Å²) in [7, 11) is 0. The number of fused-ring (bicyclic) bond motifs is 1. The Hall–Kier alpha value is -3.64. The molecule has 1 aliphatic heterocycles. The van der Waals surface area contributed by atoms with E-state index in [-0.39, 0.29) is 18.4 Å². The zero-order valence-corrected chi connectivity index (χ0v) is 20.6. The van der Waals surface area contributed by atoms with Crippen LogP contribution in [0.5, 0.6) is 0 Å². The van der Waals surface area contributed by atoms with Gasteiger partial charge in [-0.15, -0.1) is 0 Å². The molecule has 0 saturated heterocycles. The van der Waals surface area contributed by atoms with Crippen LogP contribution >= 0.6 is 0 Å². The molecule has 2 aromatic heterocycles. The van der Waals surface area contributed by atoms with Crippen molar-refractivity contribution in [1.29, 1.82) is 5.26 Å². The first-order chi connectivity index (χ1) is 16.5. The van der Waals surface area contributed by atoms with E-state index in [4.69, 9.17) is 16.0 Å². The van der Waals surface area contributed by atoms with Crippen LogP contribution in [0.15, 0.2) is 36.5 Å². The molecule has 35 heavy (non-hydrogen) atoms. The first-order valence-electron chi connectivity index (χ1n) is 11.4. The van der Waals surface area contributed by atoms with E-state index in [2.05, 4.69) is 9.55 Å². The molecule has 0 spiro atoms. The first kappa shape index (κ1) is 26.0. The summed E-state index contributed by atoms with van der Waals surface area (Å²) in [5.74, 6) is -1.06. The maximum absolute atomic E-state index is 13.8. The summed E-state index contributed by atoms with van der Waals surface area (Å²) in [6.07, 6.45) is 1.68. The SMILES string of the molecule is CC(C)c1c(-c2ccc(F)c(F)c2)nc2n1CCN(C(=O)CN)C2(C)C.Cc1ncccc1C#N. The third kappa shape index (κ3) is 5.08. The monoisotopic (exact) mass is 480 g/mol. The number of imidazole rings is 1. The van der Waals surface area contributed by atoms with E-state index < -0.39 is 17.2 Å². The van der Waals surface area contributed by atoms with E-state index in [1.807, 2.05) is 40.7 Å². The minimum absolute atomic E-state index is 0.0583. The van der Waals surface area contributed by atoms with Crippen molar-refractivity contribution >= 4 is 5.91 Å². The molecule has 0 radical (unpaired) electrons. The van der Waals surface area contributed by atoms with Crippen molar-refractivity contribution < 1.29 is 13.6 Å². The summed E-state index contributed by atoms with van der Waals surface area (Å²) in [6.45, 7) is 10.8. The fourth-order valence-electron chi connectivity index (χ4n) is 4.35. The number of amides is 1. The van der Waals surface area contributed by atoms with E-state index >= 15 is 0 Å². The highest BCUT2D eigenvalue weighted by atomic mass is 19.2. The highest BCUT2D eigenvalue weighted by Gasteiger charge is 2.41. The Balaban J connectivity index is 0.000000320. The van der Waals surface area contributed by atoms with Gasteiger partial charge >= 0.3 is 0 Å². The van der Waals surface area contributed by atoms with Crippen LogP contribution in [-0.4, -0.2) is 38.4 Å². The van der Waals surface area contributed by atoms with Crippen LogP contribution in [0.4, 0.5) is 8.78 Å². The molecule has 9 heteroatoms. The van der Waals surface area contributed by atoms with Gasteiger partial charge in [0, 0.05) is 30.5 Å². The van der Waals surface area contributed by atoms with E-state index in [0.29, 0.717) is 29.9 Å². The van der Waals surface area contributed by atoms with Crippen LogP contribution in [0.2, 0.25) is 0 Å². The quantitative estimate of drug-likeness (QED) is 0.604.